The van der Waals surface area contributed by atoms with E-state index in [2.05, 4.69) is 57.4 Å². The van der Waals surface area contributed by atoms with Gasteiger partial charge in [0.1, 0.15) is 5.82 Å². The van der Waals surface area contributed by atoms with Crippen molar-refractivity contribution >= 4 is 11.5 Å². The van der Waals surface area contributed by atoms with Crippen molar-refractivity contribution in [3.8, 4) is 0 Å². The van der Waals surface area contributed by atoms with Crippen LogP contribution in [0.3, 0.4) is 0 Å². The van der Waals surface area contributed by atoms with Crippen LogP contribution >= 0.6 is 0 Å². The first-order valence-corrected chi connectivity index (χ1v) is 9.02. The fourth-order valence-electron chi connectivity index (χ4n) is 3.28. The van der Waals surface area contributed by atoms with Gasteiger partial charge < -0.3 is 20.2 Å². The van der Waals surface area contributed by atoms with Crippen LogP contribution in [-0.2, 0) is 6.54 Å². The molecule has 2 aromatic rings. The Hall–Kier alpha value is -2.11. The lowest BCUT2D eigenvalue weighted by Gasteiger charge is -2.38. The summed E-state index contributed by atoms with van der Waals surface area (Å²) in [6.07, 6.45) is 1.86. The first-order chi connectivity index (χ1) is 12.2. The molecule has 3 rings (SSSR count). The average molecular weight is 340 g/mol. The number of nitrogens with one attached hydrogen (secondary N) is 1. The van der Waals surface area contributed by atoms with Crippen LogP contribution in [0.5, 0.6) is 0 Å². The van der Waals surface area contributed by atoms with Crippen molar-refractivity contribution in [3.63, 3.8) is 0 Å². The second kappa shape index (κ2) is 8.32. The van der Waals surface area contributed by atoms with Crippen LogP contribution < -0.4 is 15.1 Å². The zero-order valence-corrected chi connectivity index (χ0v) is 15.2. The van der Waals surface area contributed by atoms with Crippen LogP contribution in [0.15, 0.2) is 42.6 Å². The van der Waals surface area contributed by atoms with Crippen LogP contribution in [0, 0.1) is 6.92 Å². The largest absolute Gasteiger partial charge is 0.395 e. The van der Waals surface area contributed by atoms with Gasteiger partial charge in [-0.2, -0.15) is 0 Å². The summed E-state index contributed by atoms with van der Waals surface area (Å²) in [7, 11) is 0. The van der Waals surface area contributed by atoms with Gasteiger partial charge in [-0.15, -0.1) is 0 Å². The number of aryl methyl sites for hydroxylation is 1. The van der Waals surface area contributed by atoms with Gasteiger partial charge in [-0.3, -0.25) is 0 Å². The maximum atomic E-state index is 9.20. The molecule has 2 N–H and O–H groups in total. The molecule has 1 fully saturated rings. The number of hydrogen-bond acceptors (Lipinski definition) is 5. The number of hydrogen-bond donors (Lipinski definition) is 2. The molecule has 1 aliphatic heterocycles. The van der Waals surface area contributed by atoms with Crippen LogP contribution in [0.25, 0.3) is 0 Å². The van der Waals surface area contributed by atoms with E-state index < -0.39 is 0 Å². The third kappa shape index (κ3) is 4.30. The van der Waals surface area contributed by atoms with Gasteiger partial charge in [0, 0.05) is 56.2 Å². The monoisotopic (exact) mass is 340 g/mol. The van der Waals surface area contributed by atoms with E-state index in [1.54, 1.807) is 0 Å². The molecule has 0 aliphatic carbocycles. The predicted octanol–water partition coefficient (Wildman–Crippen LogP) is 2.19. The van der Waals surface area contributed by atoms with Gasteiger partial charge in [-0.1, -0.05) is 24.3 Å². The minimum atomic E-state index is 0.0889. The highest BCUT2D eigenvalue weighted by atomic mass is 16.3. The first kappa shape index (κ1) is 17.7. The second-order valence-corrected chi connectivity index (χ2v) is 6.71. The fraction of sp³-hybridized carbons (Fsp3) is 0.450. The van der Waals surface area contributed by atoms with Crippen LogP contribution in [0.4, 0.5) is 11.5 Å². The highest BCUT2D eigenvalue weighted by molar-refractivity contribution is 5.55. The van der Waals surface area contributed by atoms with Crippen LogP contribution in [-0.4, -0.2) is 48.9 Å². The van der Waals surface area contributed by atoms with Crippen LogP contribution in [0.2, 0.25) is 0 Å². The molecule has 2 heterocycles. The number of para-hydroxylation sites is 1. The Labute approximate surface area is 150 Å². The van der Waals surface area contributed by atoms with E-state index >= 15 is 0 Å². The van der Waals surface area contributed by atoms with Gasteiger partial charge in [-0.25, -0.2) is 4.98 Å². The summed E-state index contributed by atoms with van der Waals surface area (Å²) < 4.78 is 0. The lowest BCUT2D eigenvalue weighted by molar-refractivity contribution is 0.251. The van der Waals surface area contributed by atoms with Gasteiger partial charge in [0.25, 0.3) is 0 Å². The number of nitrogens with zero attached hydrogens (tertiary/aromatic N) is 3. The molecule has 1 aromatic heterocycles. The topological polar surface area (TPSA) is 51.6 Å². The van der Waals surface area contributed by atoms with Crippen molar-refractivity contribution in [2.75, 3.05) is 42.6 Å². The minimum Gasteiger partial charge on any atom is -0.395 e. The first-order valence-electron chi connectivity index (χ1n) is 9.02. The van der Waals surface area contributed by atoms with Gasteiger partial charge >= 0.3 is 0 Å². The molecule has 1 aliphatic rings. The number of benzene rings is 1. The summed E-state index contributed by atoms with van der Waals surface area (Å²) >= 11 is 0. The maximum Gasteiger partial charge on any atom is 0.133 e. The van der Waals surface area contributed by atoms with E-state index in [0.717, 1.165) is 38.5 Å². The fourth-order valence-corrected chi connectivity index (χ4v) is 3.28. The molecule has 1 saturated heterocycles. The number of aliphatic hydroxyl groups is 1. The molecular weight excluding hydrogens is 312 g/mol. The molecule has 134 valence electrons. The van der Waals surface area contributed by atoms with E-state index in [9.17, 15) is 5.11 Å². The van der Waals surface area contributed by atoms with Gasteiger partial charge in [-0.05, 0) is 31.5 Å². The van der Waals surface area contributed by atoms with E-state index in [4.69, 9.17) is 0 Å². The summed E-state index contributed by atoms with van der Waals surface area (Å²) in [5.41, 5.74) is 3.85. The lowest BCUT2D eigenvalue weighted by Crippen LogP contribution is -2.47. The number of pyridine rings is 1. The average Bonchev–Trinajstić information content (AvgIpc) is 2.67. The third-order valence-corrected chi connectivity index (χ3v) is 4.82. The highest BCUT2D eigenvalue weighted by Crippen LogP contribution is 2.24. The van der Waals surface area contributed by atoms with Gasteiger partial charge in [0.15, 0.2) is 0 Å². The lowest BCUT2D eigenvalue weighted by atomic mass is 10.1. The summed E-state index contributed by atoms with van der Waals surface area (Å²) in [6.45, 7) is 8.96. The molecular formula is C20H28N4O. The summed E-state index contributed by atoms with van der Waals surface area (Å²) in [6, 6.07) is 12.8. The number of aromatic nitrogens is 1. The zero-order chi connectivity index (χ0) is 17.6. The number of rotatable bonds is 6. The quantitative estimate of drug-likeness (QED) is 0.844. The molecule has 0 radical (unpaired) electrons. The van der Waals surface area contributed by atoms with Crippen molar-refractivity contribution in [1.29, 1.82) is 0 Å². The second-order valence-electron chi connectivity index (χ2n) is 6.71. The molecule has 1 atom stereocenters. The standard InChI is InChI=1S/C20H28N4O/c1-16-6-3-4-8-19(16)23-10-12-24(13-11-23)20-18(7-5-9-21-20)14-22-17(2)15-25/h3-9,17,22,25H,10-15H2,1-2H3/t17-/m0/s1. The molecule has 1 aromatic carbocycles. The van der Waals surface area contributed by atoms with Crippen molar-refractivity contribution in [1.82, 2.24) is 10.3 Å². The van der Waals surface area contributed by atoms with Crippen molar-refractivity contribution in [3.05, 3.63) is 53.7 Å². The zero-order valence-electron chi connectivity index (χ0n) is 15.2. The molecule has 5 nitrogen and oxygen atoms in total. The Morgan fingerprint density at radius 3 is 2.52 bits per heavy atom. The van der Waals surface area contributed by atoms with Crippen LogP contribution in [0.1, 0.15) is 18.1 Å². The Kier molecular flexibility index (Phi) is 5.89. The van der Waals surface area contributed by atoms with E-state index in [-0.39, 0.29) is 12.6 Å². The van der Waals surface area contributed by atoms with E-state index in [1.807, 2.05) is 19.2 Å². The number of anilines is 2. The number of piperazine rings is 1. The van der Waals surface area contributed by atoms with Crippen molar-refractivity contribution in [2.45, 2.75) is 26.4 Å². The van der Waals surface area contributed by atoms with Gasteiger partial charge in [0.05, 0.1) is 6.61 Å². The molecule has 5 heteroatoms. The Balaban J connectivity index is 1.66. The van der Waals surface area contributed by atoms with Crippen molar-refractivity contribution < 1.29 is 5.11 Å². The van der Waals surface area contributed by atoms with E-state index in [0.29, 0.717) is 0 Å². The molecule has 0 saturated carbocycles. The molecule has 0 amide bonds. The summed E-state index contributed by atoms with van der Waals surface area (Å²) in [5, 5.41) is 12.5. The molecule has 25 heavy (non-hydrogen) atoms. The number of aliphatic hydroxyl groups excluding tert-OH is 1. The Morgan fingerprint density at radius 1 is 1.08 bits per heavy atom. The smallest absolute Gasteiger partial charge is 0.133 e. The molecule has 0 spiro atoms. The molecule has 0 unspecified atom stereocenters. The normalized spacial score (nSPS) is 16.1. The van der Waals surface area contributed by atoms with Crippen molar-refractivity contribution in [2.24, 2.45) is 0 Å². The third-order valence-electron chi connectivity index (χ3n) is 4.82. The highest BCUT2D eigenvalue weighted by Gasteiger charge is 2.21. The predicted molar refractivity (Wildman–Crippen MR) is 103 cm³/mol. The summed E-state index contributed by atoms with van der Waals surface area (Å²) in [5.74, 6) is 1.06. The summed E-state index contributed by atoms with van der Waals surface area (Å²) in [4.78, 5) is 9.46. The Morgan fingerprint density at radius 2 is 1.80 bits per heavy atom. The SMILES string of the molecule is Cc1ccccc1N1CCN(c2ncccc2CN[C@@H](C)CO)CC1. The van der Waals surface area contributed by atoms with Gasteiger partial charge in [0.2, 0.25) is 0 Å². The Bertz CT molecular complexity index is 683. The van der Waals surface area contributed by atoms with E-state index in [1.165, 1.54) is 16.8 Å². The minimum absolute atomic E-state index is 0.0889. The maximum absolute atomic E-state index is 9.20. The molecule has 0 bridgehead atoms.